The summed E-state index contributed by atoms with van der Waals surface area (Å²) in [7, 11) is 0. The first-order chi connectivity index (χ1) is 9.18. The Labute approximate surface area is 160 Å². The van der Waals surface area contributed by atoms with E-state index in [-0.39, 0.29) is 76.8 Å². The number of ether oxygens (including phenoxy) is 2. The number of halogens is 6. The van der Waals surface area contributed by atoms with Gasteiger partial charge in [0.1, 0.15) is 12.4 Å². The maximum Gasteiger partial charge on any atom is 1.00 e. The van der Waals surface area contributed by atoms with Gasteiger partial charge < -0.3 is 22.4 Å². The molecule has 0 aliphatic heterocycles. The molecule has 0 bridgehead atoms. The average Bonchev–Trinajstić information content (AvgIpc) is 2.31. The Hall–Kier alpha value is 0.261. The third-order valence-corrected chi connectivity index (χ3v) is 2.20. The summed E-state index contributed by atoms with van der Waals surface area (Å²) in [5.41, 5.74) is -0.782. The van der Waals surface area contributed by atoms with Crippen molar-refractivity contribution in [1.82, 2.24) is 0 Å². The molecule has 0 aliphatic rings. The van der Waals surface area contributed by atoms with E-state index in [4.69, 9.17) is 4.74 Å². The van der Waals surface area contributed by atoms with Gasteiger partial charge in [-0.15, -0.1) is 5.46 Å². The van der Waals surface area contributed by atoms with Gasteiger partial charge in [-0.1, -0.05) is 12.1 Å². The molecular weight excluding hydrogens is 328 g/mol. The van der Waals surface area contributed by atoms with Gasteiger partial charge in [0.05, 0.1) is 13.2 Å². The zero-order chi connectivity index (χ0) is 15.2. The van der Waals surface area contributed by atoms with Crippen molar-refractivity contribution >= 4 is 12.4 Å². The van der Waals surface area contributed by atoms with Crippen LogP contribution in [0.5, 0.6) is 5.75 Å². The van der Waals surface area contributed by atoms with Crippen LogP contribution < -0.4 is 61.6 Å². The van der Waals surface area contributed by atoms with Gasteiger partial charge in [-0.3, -0.25) is 0 Å². The average molecular weight is 340 g/mol. The van der Waals surface area contributed by atoms with Crippen LogP contribution in [0.1, 0.15) is 6.42 Å². The number of rotatable bonds is 7. The molecule has 21 heavy (non-hydrogen) atoms. The van der Waals surface area contributed by atoms with Crippen molar-refractivity contribution in [1.29, 1.82) is 0 Å². The molecule has 1 aromatic carbocycles. The van der Waals surface area contributed by atoms with Crippen LogP contribution in [0.4, 0.5) is 26.1 Å². The Balaban J connectivity index is 0.00000400. The van der Waals surface area contributed by atoms with E-state index in [9.17, 15) is 26.1 Å². The van der Waals surface area contributed by atoms with Crippen molar-refractivity contribution in [3.05, 3.63) is 24.3 Å². The SMILES string of the molecule is F[B-](F)(F)c1cccc(OCCCOCC(F)(F)F)c1.[K+]. The molecule has 0 saturated carbocycles. The standard InChI is InChI=1S/C11H12BF6O2.K/c13-11(14,15)8-19-5-2-6-20-10-4-1-3-9(7-10)12(16,17)18;/h1,3-4,7H,2,5-6,8H2;/q-1;+1. The fourth-order valence-corrected chi connectivity index (χ4v) is 1.35. The fourth-order valence-electron chi connectivity index (χ4n) is 1.35. The summed E-state index contributed by atoms with van der Waals surface area (Å²) in [5.74, 6) is 0.0255. The first-order valence-corrected chi connectivity index (χ1v) is 5.76. The molecule has 10 heteroatoms. The van der Waals surface area contributed by atoms with E-state index in [2.05, 4.69) is 4.74 Å². The van der Waals surface area contributed by atoms with E-state index < -0.39 is 25.2 Å². The van der Waals surface area contributed by atoms with Gasteiger partial charge in [-0.05, 0) is 12.1 Å². The molecule has 0 aliphatic carbocycles. The van der Waals surface area contributed by atoms with Crippen molar-refractivity contribution in [2.45, 2.75) is 12.6 Å². The molecule has 0 saturated heterocycles. The Morgan fingerprint density at radius 2 is 1.71 bits per heavy atom. The van der Waals surface area contributed by atoms with Crippen molar-refractivity contribution in [2.75, 3.05) is 19.8 Å². The Kier molecular flexibility index (Phi) is 9.53. The fraction of sp³-hybridized carbons (Fsp3) is 0.455. The summed E-state index contributed by atoms with van der Waals surface area (Å²) in [6.45, 7) is -6.65. The largest absolute Gasteiger partial charge is 1.00 e. The summed E-state index contributed by atoms with van der Waals surface area (Å²) in [6, 6.07) is 4.35. The summed E-state index contributed by atoms with van der Waals surface area (Å²) >= 11 is 0. The molecule has 0 fully saturated rings. The zero-order valence-corrected chi connectivity index (χ0v) is 14.4. The van der Waals surface area contributed by atoms with Crippen LogP contribution in [0, 0.1) is 0 Å². The molecule has 114 valence electrons. The van der Waals surface area contributed by atoms with Gasteiger partial charge in [0, 0.05) is 6.42 Å². The molecule has 0 amide bonds. The molecule has 2 nitrogen and oxygen atoms in total. The summed E-state index contributed by atoms with van der Waals surface area (Å²) in [4.78, 5) is 0. The minimum absolute atomic E-state index is 0. The Bertz CT molecular complexity index is 424. The van der Waals surface area contributed by atoms with E-state index in [1.165, 1.54) is 12.1 Å². The molecule has 0 atom stereocenters. The van der Waals surface area contributed by atoms with Crippen molar-refractivity contribution in [3.63, 3.8) is 0 Å². The van der Waals surface area contributed by atoms with Gasteiger partial charge >= 0.3 is 64.5 Å². The third-order valence-electron chi connectivity index (χ3n) is 2.20. The van der Waals surface area contributed by atoms with Crippen molar-refractivity contribution in [2.24, 2.45) is 0 Å². The zero-order valence-electron chi connectivity index (χ0n) is 11.3. The summed E-state index contributed by atoms with van der Waals surface area (Å²) < 4.78 is 81.9. The van der Waals surface area contributed by atoms with Crippen LogP contribution in [0.15, 0.2) is 24.3 Å². The second-order valence-corrected chi connectivity index (χ2v) is 4.02. The number of alkyl halides is 3. The monoisotopic (exact) mass is 340 g/mol. The predicted octanol–water partition coefficient (Wildman–Crippen LogP) is 0.0928. The maximum atomic E-state index is 12.4. The Morgan fingerprint density at radius 3 is 2.29 bits per heavy atom. The predicted molar refractivity (Wildman–Crippen MR) is 62.1 cm³/mol. The molecule has 1 rings (SSSR count). The molecule has 1 aromatic rings. The normalized spacial score (nSPS) is 11.9. The number of hydrogen-bond donors (Lipinski definition) is 0. The van der Waals surface area contributed by atoms with Gasteiger partial charge in [0.25, 0.3) is 0 Å². The van der Waals surface area contributed by atoms with Gasteiger partial charge in [-0.2, -0.15) is 13.2 Å². The number of hydrogen-bond acceptors (Lipinski definition) is 2. The summed E-state index contributed by atoms with van der Waals surface area (Å²) in [6.07, 6.45) is -4.23. The first-order valence-electron chi connectivity index (χ1n) is 5.76. The summed E-state index contributed by atoms with van der Waals surface area (Å²) in [5, 5.41) is 0. The van der Waals surface area contributed by atoms with E-state index in [1.54, 1.807) is 0 Å². The van der Waals surface area contributed by atoms with Crippen molar-refractivity contribution in [3.8, 4) is 5.75 Å². The Morgan fingerprint density at radius 1 is 1.05 bits per heavy atom. The van der Waals surface area contributed by atoms with Gasteiger partial charge in [-0.25, -0.2) is 0 Å². The van der Waals surface area contributed by atoms with E-state index in [0.29, 0.717) is 0 Å². The van der Waals surface area contributed by atoms with Crippen LogP contribution in [-0.2, 0) is 4.74 Å². The maximum absolute atomic E-state index is 12.4. The topological polar surface area (TPSA) is 18.5 Å². The van der Waals surface area contributed by atoms with Gasteiger partial charge in [0.2, 0.25) is 0 Å². The van der Waals surface area contributed by atoms with Crippen LogP contribution in [-0.4, -0.2) is 33.0 Å². The van der Waals surface area contributed by atoms with E-state index in [1.807, 2.05) is 0 Å². The van der Waals surface area contributed by atoms with E-state index in [0.717, 1.165) is 12.1 Å². The smallest absolute Gasteiger partial charge is 0.494 e. The minimum Gasteiger partial charge on any atom is -0.494 e. The molecule has 0 N–H and O–H groups in total. The van der Waals surface area contributed by atoms with Crippen molar-refractivity contribution < 1.29 is 87.0 Å². The van der Waals surface area contributed by atoms with Crippen LogP contribution >= 0.6 is 0 Å². The molecule has 0 heterocycles. The van der Waals surface area contributed by atoms with E-state index >= 15 is 0 Å². The minimum atomic E-state index is -5.10. The molecule has 0 aromatic heterocycles. The first kappa shape index (κ1) is 21.3. The molecule has 0 spiro atoms. The quantitative estimate of drug-likeness (QED) is 0.398. The van der Waals surface area contributed by atoms with Crippen LogP contribution in [0.2, 0.25) is 0 Å². The molecule has 0 unspecified atom stereocenters. The molecular formula is C11H12BF6KO2. The molecule has 0 radical (unpaired) electrons. The second-order valence-electron chi connectivity index (χ2n) is 4.02. The number of benzene rings is 1. The van der Waals surface area contributed by atoms with Gasteiger partial charge in [0.15, 0.2) is 0 Å². The van der Waals surface area contributed by atoms with Crippen LogP contribution in [0.3, 0.4) is 0 Å². The third kappa shape index (κ3) is 9.80. The van der Waals surface area contributed by atoms with Crippen LogP contribution in [0.25, 0.3) is 0 Å². The second kappa shape index (κ2) is 9.41.